The fourth-order valence-electron chi connectivity index (χ4n) is 3.21. The van der Waals surface area contributed by atoms with Crippen LogP contribution in [0.1, 0.15) is 40.4 Å². The van der Waals surface area contributed by atoms with E-state index in [1.807, 2.05) is 66.4 Å². The fourth-order valence-corrected chi connectivity index (χ4v) is 3.21. The van der Waals surface area contributed by atoms with Gasteiger partial charge in [-0.1, -0.05) is 48.0 Å². The zero-order chi connectivity index (χ0) is 18.5. The topological polar surface area (TPSA) is 75.4 Å². The van der Waals surface area contributed by atoms with E-state index >= 15 is 0 Å². The first kappa shape index (κ1) is 18.1. The lowest BCUT2D eigenvalue weighted by atomic mass is 10.0. The maximum Gasteiger partial charge on any atom is 0.253 e. The maximum atomic E-state index is 12.5. The second kappa shape index (κ2) is 8.15. The van der Waals surface area contributed by atoms with Crippen LogP contribution in [0.3, 0.4) is 0 Å². The van der Waals surface area contributed by atoms with Gasteiger partial charge in [0, 0.05) is 24.7 Å². The number of aryl methyl sites for hydroxylation is 1. The Balaban J connectivity index is 1.51. The number of amides is 2. The minimum absolute atomic E-state index is 0.0479. The van der Waals surface area contributed by atoms with Crippen LogP contribution in [0.15, 0.2) is 54.6 Å². The Morgan fingerprint density at radius 2 is 1.65 bits per heavy atom. The van der Waals surface area contributed by atoms with Crippen LogP contribution in [-0.2, 0) is 4.79 Å². The van der Waals surface area contributed by atoms with Crippen molar-refractivity contribution in [3.8, 4) is 0 Å². The molecule has 1 unspecified atom stereocenters. The van der Waals surface area contributed by atoms with Crippen LogP contribution in [0, 0.1) is 6.92 Å². The van der Waals surface area contributed by atoms with Gasteiger partial charge >= 0.3 is 0 Å². The number of nitrogens with one attached hydrogen (secondary N) is 1. The van der Waals surface area contributed by atoms with Gasteiger partial charge in [0.15, 0.2) is 0 Å². The molecule has 0 bridgehead atoms. The molecule has 26 heavy (non-hydrogen) atoms. The average molecular weight is 351 g/mol. The lowest BCUT2D eigenvalue weighted by Gasteiger charge is -2.33. The standard InChI is InChI=1S/C21H25N3O2/c1-15-7-9-16(10-8-15)19(22)20(25)23-18-11-13-24(14-12-18)21(26)17-5-3-2-4-6-17/h2-10,18-19H,11-14,22H2,1H3,(H,23,25). The largest absolute Gasteiger partial charge is 0.352 e. The smallest absolute Gasteiger partial charge is 0.253 e. The van der Waals surface area contributed by atoms with Crippen molar-refractivity contribution >= 4 is 11.8 Å². The van der Waals surface area contributed by atoms with Gasteiger partial charge in [0.1, 0.15) is 6.04 Å². The predicted octanol–water partition coefficient (Wildman–Crippen LogP) is 2.42. The van der Waals surface area contributed by atoms with E-state index in [9.17, 15) is 9.59 Å². The number of carbonyl (C=O) groups excluding carboxylic acids is 2. The molecule has 0 aromatic heterocycles. The van der Waals surface area contributed by atoms with E-state index in [0.29, 0.717) is 18.7 Å². The molecule has 1 aliphatic heterocycles. The van der Waals surface area contributed by atoms with Crippen molar-refractivity contribution in [1.82, 2.24) is 10.2 Å². The van der Waals surface area contributed by atoms with Crippen molar-refractivity contribution in [1.29, 1.82) is 0 Å². The van der Waals surface area contributed by atoms with Crippen molar-refractivity contribution in [3.05, 3.63) is 71.3 Å². The second-order valence-electron chi connectivity index (χ2n) is 6.83. The normalized spacial score (nSPS) is 16.2. The lowest BCUT2D eigenvalue weighted by Crippen LogP contribution is -2.48. The third kappa shape index (κ3) is 4.29. The number of rotatable bonds is 4. The molecule has 5 heteroatoms. The molecule has 0 saturated carbocycles. The number of likely N-dealkylation sites (tertiary alicyclic amines) is 1. The van der Waals surface area contributed by atoms with Gasteiger partial charge < -0.3 is 16.0 Å². The molecule has 3 N–H and O–H groups in total. The summed E-state index contributed by atoms with van der Waals surface area (Å²) >= 11 is 0. The van der Waals surface area contributed by atoms with E-state index in [-0.39, 0.29) is 17.9 Å². The van der Waals surface area contributed by atoms with Gasteiger partial charge in [0.2, 0.25) is 5.91 Å². The Hall–Kier alpha value is -2.66. The number of benzene rings is 2. The Morgan fingerprint density at radius 1 is 1.04 bits per heavy atom. The first-order valence-corrected chi connectivity index (χ1v) is 9.01. The molecule has 1 fully saturated rings. The molecule has 1 heterocycles. The molecule has 1 aliphatic rings. The number of nitrogens with zero attached hydrogens (tertiary/aromatic N) is 1. The molecule has 1 atom stereocenters. The van der Waals surface area contributed by atoms with Crippen molar-refractivity contribution in [3.63, 3.8) is 0 Å². The van der Waals surface area contributed by atoms with Crippen LogP contribution in [-0.4, -0.2) is 35.8 Å². The number of hydrogen-bond acceptors (Lipinski definition) is 3. The minimum Gasteiger partial charge on any atom is -0.352 e. The van der Waals surface area contributed by atoms with Crippen molar-refractivity contribution in [2.45, 2.75) is 31.8 Å². The molecule has 3 rings (SSSR count). The van der Waals surface area contributed by atoms with E-state index in [0.717, 1.165) is 24.0 Å². The lowest BCUT2D eigenvalue weighted by molar-refractivity contribution is -0.123. The summed E-state index contributed by atoms with van der Waals surface area (Å²) in [6.07, 6.45) is 1.48. The van der Waals surface area contributed by atoms with Crippen molar-refractivity contribution in [2.24, 2.45) is 5.73 Å². The first-order valence-electron chi connectivity index (χ1n) is 9.01. The second-order valence-corrected chi connectivity index (χ2v) is 6.83. The third-order valence-corrected chi connectivity index (χ3v) is 4.87. The maximum absolute atomic E-state index is 12.5. The SMILES string of the molecule is Cc1ccc(C(N)C(=O)NC2CCN(C(=O)c3ccccc3)CC2)cc1. The van der Waals surface area contributed by atoms with E-state index < -0.39 is 6.04 Å². The highest BCUT2D eigenvalue weighted by molar-refractivity contribution is 5.94. The van der Waals surface area contributed by atoms with Gasteiger partial charge in [-0.2, -0.15) is 0 Å². The number of hydrogen-bond donors (Lipinski definition) is 2. The minimum atomic E-state index is -0.667. The molecule has 2 amide bonds. The van der Waals surface area contributed by atoms with E-state index in [2.05, 4.69) is 5.32 Å². The van der Waals surface area contributed by atoms with E-state index in [1.54, 1.807) is 0 Å². The van der Waals surface area contributed by atoms with Crippen molar-refractivity contribution in [2.75, 3.05) is 13.1 Å². The molecule has 5 nitrogen and oxygen atoms in total. The highest BCUT2D eigenvalue weighted by Crippen LogP contribution is 2.16. The Bertz CT molecular complexity index is 751. The molecule has 0 aliphatic carbocycles. The number of piperidine rings is 1. The highest BCUT2D eigenvalue weighted by Gasteiger charge is 2.26. The molecule has 0 spiro atoms. The Labute approximate surface area is 154 Å². The van der Waals surface area contributed by atoms with E-state index in [1.165, 1.54) is 0 Å². The molecule has 0 radical (unpaired) electrons. The van der Waals surface area contributed by atoms with E-state index in [4.69, 9.17) is 5.73 Å². The summed E-state index contributed by atoms with van der Waals surface area (Å²) in [5.41, 5.74) is 8.73. The average Bonchev–Trinajstić information content (AvgIpc) is 2.68. The molecule has 1 saturated heterocycles. The van der Waals surface area contributed by atoms with Crippen LogP contribution >= 0.6 is 0 Å². The van der Waals surface area contributed by atoms with Crippen LogP contribution in [0.25, 0.3) is 0 Å². The van der Waals surface area contributed by atoms with Gasteiger partial charge in [0.05, 0.1) is 0 Å². The molecule has 2 aromatic rings. The van der Waals surface area contributed by atoms with Gasteiger partial charge in [-0.3, -0.25) is 9.59 Å². The van der Waals surface area contributed by atoms with Gasteiger partial charge in [-0.05, 0) is 37.5 Å². The Kier molecular flexibility index (Phi) is 5.68. The summed E-state index contributed by atoms with van der Waals surface area (Å²) in [6, 6.07) is 16.4. The predicted molar refractivity (Wildman–Crippen MR) is 102 cm³/mol. The summed E-state index contributed by atoms with van der Waals surface area (Å²) in [6.45, 7) is 3.27. The quantitative estimate of drug-likeness (QED) is 0.888. The van der Waals surface area contributed by atoms with Crippen molar-refractivity contribution < 1.29 is 9.59 Å². The zero-order valence-corrected chi connectivity index (χ0v) is 15.0. The summed E-state index contributed by atoms with van der Waals surface area (Å²) < 4.78 is 0. The first-order chi connectivity index (χ1) is 12.5. The van der Waals surface area contributed by atoms with Crippen LogP contribution in [0.2, 0.25) is 0 Å². The number of nitrogens with two attached hydrogens (primary N) is 1. The molecular weight excluding hydrogens is 326 g/mol. The van der Waals surface area contributed by atoms with Gasteiger partial charge in [-0.15, -0.1) is 0 Å². The van der Waals surface area contributed by atoms with Gasteiger partial charge in [-0.25, -0.2) is 0 Å². The highest BCUT2D eigenvalue weighted by atomic mass is 16.2. The third-order valence-electron chi connectivity index (χ3n) is 4.87. The fraction of sp³-hybridized carbons (Fsp3) is 0.333. The summed E-state index contributed by atoms with van der Waals surface area (Å²) in [5, 5.41) is 3.03. The molecule has 136 valence electrons. The summed E-state index contributed by atoms with van der Waals surface area (Å²) in [7, 11) is 0. The molecule has 2 aromatic carbocycles. The number of carbonyl (C=O) groups is 2. The monoisotopic (exact) mass is 351 g/mol. The van der Waals surface area contributed by atoms with Crippen LogP contribution in [0.4, 0.5) is 0 Å². The van der Waals surface area contributed by atoms with Crippen LogP contribution < -0.4 is 11.1 Å². The Morgan fingerprint density at radius 3 is 2.27 bits per heavy atom. The van der Waals surface area contributed by atoms with Gasteiger partial charge in [0.25, 0.3) is 5.91 Å². The summed E-state index contributed by atoms with van der Waals surface area (Å²) in [5.74, 6) is -0.117. The summed E-state index contributed by atoms with van der Waals surface area (Å²) in [4.78, 5) is 26.7. The molecular formula is C21H25N3O2. The zero-order valence-electron chi connectivity index (χ0n) is 15.0. The van der Waals surface area contributed by atoms with Crippen LogP contribution in [0.5, 0.6) is 0 Å².